The maximum atomic E-state index is 12.3. The zero-order chi connectivity index (χ0) is 17.6. The average molecular weight is 356 g/mol. The second kappa shape index (κ2) is 8.16. The molecule has 1 fully saturated rings. The van der Waals surface area contributed by atoms with E-state index in [1.807, 2.05) is 18.2 Å². The van der Waals surface area contributed by atoms with E-state index in [2.05, 4.69) is 5.32 Å². The smallest absolute Gasteiger partial charge is 0.283 e. The van der Waals surface area contributed by atoms with E-state index in [9.17, 15) is 14.9 Å². The van der Waals surface area contributed by atoms with Crippen LogP contribution in [-0.2, 0) is 0 Å². The minimum absolute atomic E-state index is 0.0104. The number of para-hydroxylation sites is 1. The first-order chi connectivity index (χ1) is 12.1. The highest BCUT2D eigenvalue weighted by Crippen LogP contribution is 2.38. The fourth-order valence-corrected chi connectivity index (χ4v) is 4.32. The number of hydrogen-bond donors (Lipinski definition) is 1. The number of anilines is 1. The van der Waals surface area contributed by atoms with Gasteiger partial charge in [0.15, 0.2) is 0 Å². The molecule has 25 heavy (non-hydrogen) atoms. The van der Waals surface area contributed by atoms with Gasteiger partial charge in [0, 0.05) is 22.6 Å². The van der Waals surface area contributed by atoms with Crippen LogP contribution in [0.4, 0.5) is 11.4 Å². The summed E-state index contributed by atoms with van der Waals surface area (Å²) in [7, 11) is 0. The number of nitrogens with zero attached hydrogens (tertiary/aromatic N) is 1. The number of nitro benzene ring substituents is 1. The Morgan fingerprint density at radius 2 is 1.80 bits per heavy atom. The quantitative estimate of drug-likeness (QED) is 0.585. The summed E-state index contributed by atoms with van der Waals surface area (Å²) in [5.41, 5.74) is 0.968. The molecule has 0 spiro atoms. The largest absolute Gasteiger partial charge is 0.322 e. The molecule has 0 unspecified atom stereocenters. The number of thioether (sulfide) groups is 1. The Morgan fingerprint density at radius 3 is 2.48 bits per heavy atom. The molecule has 1 aliphatic rings. The number of nitro groups is 1. The molecular weight excluding hydrogens is 336 g/mol. The van der Waals surface area contributed by atoms with E-state index in [1.54, 1.807) is 36.0 Å². The molecule has 0 heterocycles. The van der Waals surface area contributed by atoms with Crippen molar-refractivity contribution in [3.8, 4) is 0 Å². The molecule has 0 aromatic heterocycles. The summed E-state index contributed by atoms with van der Waals surface area (Å²) < 4.78 is 0. The standard InChI is InChI=1S/C19H20N2O3S/c22-19(20-15-7-3-1-4-8-15)14-11-12-18(17(13-14)21(23)24)25-16-9-5-2-6-10-16/h1,3-4,7-8,11-13,16H,2,5-6,9-10H2,(H,20,22). The first-order valence-electron chi connectivity index (χ1n) is 8.45. The summed E-state index contributed by atoms with van der Waals surface area (Å²) in [5, 5.41) is 14.6. The Morgan fingerprint density at radius 1 is 1.08 bits per heavy atom. The maximum absolute atomic E-state index is 12.3. The minimum Gasteiger partial charge on any atom is -0.322 e. The minimum atomic E-state index is -0.398. The highest BCUT2D eigenvalue weighted by Gasteiger charge is 2.22. The van der Waals surface area contributed by atoms with E-state index in [0.717, 1.165) is 12.8 Å². The molecule has 130 valence electrons. The summed E-state index contributed by atoms with van der Waals surface area (Å²) in [5.74, 6) is -0.344. The molecule has 0 atom stereocenters. The Labute approximate surface area is 151 Å². The molecule has 6 heteroatoms. The SMILES string of the molecule is O=C(Nc1ccccc1)c1ccc(SC2CCCCC2)c([N+](=O)[O-])c1. The van der Waals surface area contributed by atoms with Crippen LogP contribution in [0, 0.1) is 10.1 Å². The molecule has 3 rings (SSSR count). The van der Waals surface area contributed by atoms with Crippen molar-refractivity contribution in [3.05, 3.63) is 64.2 Å². The fourth-order valence-electron chi connectivity index (χ4n) is 2.99. The van der Waals surface area contributed by atoms with Crippen molar-refractivity contribution in [1.82, 2.24) is 0 Å². The topological polar surface area (TPSA) is 72.2 Å². The Bertz CT molecular complexity index is 759. The lowest BCUT2D eigenvalue weighted by molar-refractivity contribution is -0.387. The summed E-state index contributed by atoms with van der Waals surface area (Å²) in [6.07, 6.45) is 5.81. The highest BCUT2D eigenvalue weighted by atomic mass is 32.2. The lowest BCUT2D eigenvalue weighted by Crippen LogP contribution is -2.12. The van der Waals surface area contributed by atoms with Crippen molar-refractivity contribution in [3.63, 3.8) is 0 Å². The van der Waals surface area contributed by atoms with Gasteiger partial charge >= 0.3 is 0 Å². The molecule has 0 bridgehead atoms. The molecule has 1 saturated carbocycles. The Balaban J connectivity index is 1.78. The van der Waals surface area contributed by atoms with Gasteiger partial charge in [-0.3, -0.25) is 14.9 Å². The van der Waals surface area contributed by atoms with Crippen LogP contribution >= 0.6 is 11.8 Å². The molecule has 0 saturated heterocycles. The molecular formula is C19H20N2O3S. The molecule has 2 aromatic carbocycles. The van der Waals surface area contributed by atoms with E-state index < -0.39 is 4.92 Å². The normalized spacial score (nSPS) is 14.9. The van der Waals surface area contributed by atoms with Gasteiger partial charge in [0.2, 0.25) is 0 Å². The summed E-state index contributed by atoms with van der Waals surface area (Å²) in [4.78, 5) is 24.1. The van der Waals surface area contributed by atoms with E-state index in [-0.39, 0.29) is 11.6 Å². The summed E-state index contributed by atoms with van der Waals surface area (Å²) in [6.45, 7) is 0. The summed E-state index contributed by atoms with van der Waals surface area (Å²) in [6, 6.07) is 13.8. The first-order valence-corrected chi connectivity index (χ1v) is 9.33. The molecule has 1 amide bonds. The summed E-state index contributed by atoms with van der Waals surface area (Å²) >= 11 is 1.57. The maximum Gasteiger partial charge on any atom is 0.283 e. The van der Waals surface area contributed by atoms with E-state index >= 15 is 0 Å². The number of amides is 1. The molecule has 1 N–H and O–H groups in total. The van der Waals surface area contributed by atoms with Crippen molar-refractivity contribution >= 4 is 29.0 Å². The third-order valence-electron chi connectivity index (χ3n) is 4.30. The fraction of sp³-hybridized carbons (Fsp3) is 0.316. The third-order valence-corrected chi connectivity index (χ3v) is 5.70. The molecule has 2 aromatic rings. The lowest BCUT2D eigenvalue weighted by atomic mass is 10.0. The van der Waals surface area contributed by atoms with Gasteiger partial charge in [-0.1, -0.05) is 37.5 Å². The number of hydrogen-bond acceptors (Lipinski definition) is 4. The lowest BCUT2D eigenvalue weighted by Gasteiger charge is -2.20. The van der Waals surface area contributed by atoms with Gasteiger partial charge in [-0.2, -0.15) is 0 Å². The third kappa shape index (κ3) is 4.60. The molecule has 5 nitrogen and oxygen atoms in total. The number of carbonyl (C=O) groups is 1. The van der Waals surface area contributed by atoms with Gasteiger partial charge < -0.3 is 5.32 Å². The van der Waals surface area contributed by atoms with Gasteiger partial charge in [-0.25, -0.2) is 0 Å². The van der Waals surface area contributed by atoms with Gasteiger partial charge in [0.05, 0.1) is 9.82 Å². The Kier molecular flexibility index (Phi) is 5.71. The van der Waals surface area contributed by atoms with Crippen LogP contribution in [0.2, 0.25) is 0 Å². The van der Waals surface area contributed by atoms with Gasteiger partial charge in [0.1, 0.15) is 0 Å². The van der Waals surface area contributed by atoms with Gasteiger partial charge in [-0.05, 0) is 37.1 Å². The van der Waals surface area contributed by atoms with Gasteiger partial charge in [-0.15, -0.1) is 11.8 Å². The van der Waals surface area contributed by atoms with E-state index in [4.69, 9.17) is 0 Å². The zero-order valence-corrected chi connectivity index (χ0v) is 14.6. The molecule has 0 radical (unpaired) electrons. The number of rotatable bonds is 5. The van der Waals surface area contributed by atoms with Crippen molar-refractivity contribution in [1.29, 1.82) is 0 Å². The van der Waals surface area contributed by atoms with Crippen molar-refractivity contribution in [2.45, 2.75) is 42.2 Å². The van der Waals surface area contributed by atoms with Crippen LogP contribution in [0.3, 0.4) is 0 Å². The second-order valence-corrected chi connectivity index (χ2v) is 7.48. The number of benzene rings is 2. The van der Waals surface area contributed by atoms with E-state index in [0.29, 0.717) is 21.4 Å². The average Bonchev–Trinajstić information content (AvgIpc) is 2.63. The number of nitrogens with one attached hydrogen (secondary N) is 1. The zero-order valence-electron chi connectivity index (χ0n) is 13.8. The highest BCUT2D eigenvalue weighted by molar-refractivity contribution is 8.00. The van der Waals surface area contributed by atoms with Crippen LogP contribution in [0.25, 0.3) is 0 Å². The van der Waals surface area contributed by atoms with Crippen LogP contribution in [-0.4, -0.2) is 16.1 Å². The van der Waals surface area contributed by atoms with Crippen LogP contribution in [0.1, 0.15) is 42.5 Å². The van der Waals surface area contributed by atoms with Crippen molar-refractivity contribution in [2.24, 2.45) is 0 Å². The predicted molar refractivity (Wildman–Crippen MR) is 100 cm³/mol. The predicted octanol–water partition coefficient (Wildman–Crippen LogP) is 5.27. The van der Waals surface area contributed by atoms with Crippen molar-refractivity contribution in [2.75, 3.05) is 5.32 Å². The second-order valence-electron chi connectivity index (χ2n) is 6.14. The first kappa shape index (κ1) is 17.5. The van der Waals surface area contributed by atoms with Crippen molar-refractivity contribution < 1.29 is 9.72 Å². The van der Waals surface area contributed by atoms with Crippen LogP contribution in [0.5, 0.6) is 0 Å². The Hall–Kier alpha value is -2.34. The number of carbonyl (C=O) groups excluding carboxylic acids is 1. The van der Waals surface area contributed by atoms with Crippen LogP contribution < -0.4 is 5.32 Å². The van der Waals surface area contributed by atoms with Gasteiger partial charge in [0.25, 0.3) is 11.6 Å². The molecule has 1 aliphatic carbocycles. The van der Waals surface area contributed by atoms with E-state index in [1.165, 1.54) is 25.3 Å². The van der Waals surface area contributed by atoms with Crippen LogP contribution in [0.15, 0.2) is 53.4 Å². The monoisotopic (exact) mass is 356 g/mol. The molecule has 0 aliphatic heterocycles.